The summed E-state index contributed by atoms with van der Waals surface area (Å²) < 4.78 is 3.70. The minimum atomic E-state index is 0.908. The molecule has 0 saturated carbocycles. The number of hydrogen-bond acceptors (Lipinski definition) is 3. The van der Waals surface area contributed by atoms with E-state index in [9.17, 15) is 0 Å². The van der Waals surface area contributed by atoms with E-state index in [1.165, 1.54) is 20.8 Å². The maximum atomic E-state index is 4.30. The normalized spacial score (nSPS) is 11.4. The van der Waals surface area contributed by atoms with Crippen LogP contribution in [0.4, 0.5) is 5.69 Å². The van der Waals surface area contributed by atoms with Crippen LogP contribution in [0.3, 0.4) is 0 Å². The maximum Gasteiger partial charge on any atom is 0.235 e. The van der Waals surface area contributed by atoms with Crippen molar-refractivity contribution in [3.63, 3.8) is 0 Å². The summed E-state index contributed by atoms with van der Waals surface area (Å²) >= 11 is 1.84. The summed E-state index contributed by atoms with van der Waals surface area (Å²) in [4.78, 5) is 0. The first kappa shape index (κ1) is 14.7. The Morgan fingerprint density at radius 2 is 1.86 bits per heavy atom. The molecule has 2 aromatic carbocycles. The summed E-state index contributed by atoms with van der Waals surface area (Å²) in [5.41, 5.74) is 6.65. The molecule has 0 saturated heterocycles. The fraction of sp³-hybridized carbons (Fsp3) is 0.222. The molecule has 0 fully saturated rings. The van der Waals surface area contributed by atoms with Gasteiger partial charge >= 0.3 is 0 Å². The fourth-order valence-corrected chi connectivity index (χ4v) is 3.48. The highest BCUT2D eigenvalue weighted by molar-refractivity contribution is 7.18. The summed E-state index contributed by atoms with van der Waals surface area (Å²) in [6.45, 7) is 5.21. The molecule has 1 N–H and O–H groups in total. The van der Waals surface area contributed by atoms with E-state index in [1.54, 1.807) is 0 Å². The zero-order chi connectivity index (χ0) is 15.4. The molecule has 0 spiro atoms. The number of anilines is 1. The Bertz CT molecular complexity index is 788. The molecule has 0 radical (unpaired) electrons. The summed E-state index contributed by atoms with van der Waals surface area (Å²) in [7, 11) is 0. The van der Waals surface area contributed by atoms with E-state index in [4.69, 9.17) is 0 Å². The molecule has 3 nitrogen and oxygen atoms in total. The van der Waals surface area contributed by atoms with Crippen molar-refractivity contribution in [2.24, 2.45) is 5.10 Å². The van der Waals surface area contributed by atoms with Crippen LogP contribution in [0.25, 0.3) is 10.2 Å². The molecule has 0 unspecified atom stereocenters. The average molecular weight is 310 g/mol. The number of benzene rings is 2. The molecule has 1 aromatic heterocycles. The van der Waals surface area contributed by atoms with Crippen LogP contribution in [0.2, 0.25) is 0 Å². The zero-order valence-corrected chi connectivity index (χ0v) is 13.7. The van der Waals surface area contributed by atoms with Gasteiger partial charge < -0.3 is 0 Å². The van der Waals surface area contributed by atoms with Gasteiger partial charge in [-0.15, -0.1) is 0 Å². The van der Waals surface area contributed by atoms with Crippen molar-refractivity contribution in [2.75, 3.05) is 5.43 Å². The zero-order valence-electron chi connectivity index (χ0n) is 12.9. The van der Waals surface area contributed by atoms with Gasteiger partial charge in [-0.2, -0.15) is 9.67 Å². The van der Waals surface area contributed by atoms with Crippen molar-refractivity contribution < 1.29 is 4.57 Å². The number of fused-ring (bicyclic) bond motifs is 1. The van der Waals surface area contributed by atoms with Gasteiger partial charge in [0.1, 0.15) is 4.70 Å². The lowest BCUT2D eigenvalue weighted by molar-refractivity contribution is -0.671. The Labute approximate surface area is 134 Å². The van der Waals surface area contributed by atoms with Crippen molar-refractivity contribution >= 4 is 33.5 Å². The third kappa shape index (κ3) is 3.34. The van der Waals surface area contributed by atoms with Crippen LogP contribution < -0.4 is 9.99 Å². The molecule has 0 bridgehead atoms. The molecular formula is C18H20N3S+. The Kier molecular flexibility index (Phi) is 4.49. The summed E-state index contributed by atoms with van der Waals surface area (Å²) in [5.74, 6) is 0. The minimum Gasteiger partial charge on any atom is -0.279 e. The van der Waals surface area contributed by atoms with Gasteiger partial charge in [-0.1, -0.05) is 41.2 Å². The second-order valence-electron chi connectivity index (χ2n) is 5.32. The van der Waals surface area contributed by atoms with Gasteiger partial charge in [-0.05, 0) is 25.1 Å². The third-order valence-electron chi connectivity index (χ3n) is 3.61. The highest BCUT2D eigenvalue weighted by Crippen LogP contribution is 2.19. The predicted molar refractivity (Wildman–Crippen MR) is 94.7 cm³/mol. The number of nitrogens with zero attached hydrogens (tertiary/aromatic N) is 2. The summed E-state index contributed by atoms with van der Waals surface area (Å²) in [6.07, 6.45) is 2.85. The molecule has 0 aliphatic rings. The van der Waals surface area contributed by atoms with Crippen molar-refractivity contribution in [1.29, 1.82) is 0 Å². The Balaban J connectivity index is 1.59. The van der Waals surface area contributed by atoms with Gasteiger partial charge in [0.2, 0.25) is 10.5 Å². The van der Waals surface area contributed by atoms with E-state index in [-0.39, 0.29) is 0 Å². The Morgan fingerprint density at radius 3 is 2.68 bits per heavy atom. The first-order valence-corrected chi connectivity index (χ1v) is 8.28. The molecule has 112 valence electrons. The first-order valence-electron chi connectivity index (χ1n) is 7.46. The summed E-state index contributed by atoms with van der Waals surface area (Å²) in [5, 5.41) is 5.63. The smallest absolute Gasteiger partial charge is 0.235 e. The van der Waals surface area contributed by atoms with E-state index in [0.29, 0.717) is 0 Å². The van der Waals surface area contributed by atoms with E-state index in [0.717, 1.165) is 18.7 Å². The second kappa shape index (κ2) is 6.71. The Hall–Kier alpha value is -2.20. The van der Waals surface area contributed by atoms with Crippen LogP contribution in [0.1, 0.15) is 17.0 Å². The SMILES string of the molecule is Cc1ccc(N/N=C/CC[n+]2c(C)sc3ccccc32)cc1. The van der Waals surface area contributed by atoms with Crippen LogP contribution in [-0.2, 0) is 6.54 Å². The predicted octanol–water partition coefficient (Wildman–Crippen LogP) is 4.29. The molecule has 0 amide bonds. The lowest BCUT2D eigenvalue weighted by atomic mass is 10.2. The van der Waals surface area contributed by atoms with Gasteiger partial charge in [-0.25, -0.2) is 0 Å². The molecular weight excluding hydrogens is 290 g/mol. The molecule has 0 atom stereocenters. The lowest BCUT2D eigenvalue weighted by Gasteiger charge is -1.99. The number of rotatable bonds is 5. The fourth-order valence-electron chi connectivity index (χ4n) is 2.43. The number of aryl methyl sites for hydroxylation is 3. The van der Waals surface area contributed by atoms with Gasteiger partial charge in [0.25, 0.3) is 0 Å². The third-order valence-corrected chi connectivity index (χ3v) is 4.69. The largest absolute Gasteiger partial charge is 0.279 e. The second-order valence-corrected chi connectivity index (χ2v) is 6.55. The standard InChI is InChI=1S/C18H20N3S/c1-14-8-10-16(11-9-14)20-19-12-5-13-21-15(2)22-18-7-4-3-6-17(18)21/h3-4,6-12,20H,5,13H2,1-2H3/q+1/b19-12+. The monoisotopic (exact) mass is 310 g/mol. The van der Waals surface area contributed by atoms with E-state index >= 15 is 0 Å². The number of nitrogens with one attached hydrogen (secondary N) is 1. The summed E-state index contributed by atoms with van der Waals surface area (Å²) in [6, 6.07) is 16.8. The highest BCUT2D eigenvalue weighted by atomic mass is 32.1. The molecule has 4 heteroatoms. The van der Waals surface area contributed by atoms with Gasteiger partial charge in [-0.3, -0.25) is 5.43 Å². The van der Waals surface area contributed by atoms with E-state index in [2.05, 4.69) is 65.3 Å². The number of hydrazone groups is 1. The molecule has 0 aliphatic carbocycles. The van der Waals surface area contributed by atoms with Crippen LogP contribution in [0.5, 0.6) is 0 Å². The van der Waals surface area contributed by atoms with Gasteiger partial charge in [0.05, 0.1) is 5.69 Å². The van der Waals surface area contributed by atoms with Crippen LogP contribution in [-0.4, -0.2) is 6.21 Å². The maximum absolute atomic E-state index is 4.30. The van der Waals surface area contributed by atoms with Crippen LogP contribution in [0.15, 0.2) is 53.6 Å². The average Bonchev–Trinajstić information content (AvgIpc) is 2.85. The van der Waals surface area contributed by atoms with Crippen LogP contribution in [0, 0.1) is 13.8 Å². The van der Waals surface area contributed by atoms with Crippen molar-refractivity contribution in [3.05, 3.63) is 59.1 Å². The van der Waals surface area contributed by atoms with E-state index < -0.39 is 0 Å². The topological polar surface area (TPSA) is 28.3 Å². The number of hydrogen-bond donors (Lipinski definition) is 1. The van der Waals surface area contributed by atoms with Gasteiger partial charge in [0, 0.05) is 25.6 Å². The molecule has 0 aliphatic heterocycles. The number of para-hydroxylation sites is 1. The van der Waals surface area contributed by atoms with Crippen molar-refractivity contribution in [2.45, 2.75) is 26.8 Å². The number of aromatic nitrogens is 1. The van der Waals surface area contributed by atoms with E-state index in [1.807, 2.05) is 29.7 Å². The highest BCUT2D eigenvalue weighted by Gasteiger charge is 2.15. The van der Waals surface area contributed by atoms with Crippen molar-refractivity contribution in [1.82, 2.24) is 0 Å². The lowest BCUT2D eigenvalue weighted by Crippen LogP contribution is -2.35. The first-order chi connectivity index (χ1) is 10.7. The molecule has 22 heavy (non-hydrogen) atoms. The Morgan fingerprint density at radius 1 is 1.09 bits per heavy atom. The molecule has 1 heterocycles. The van der Waals surface area contributed by atoms with Gasteiger partial charge in [0.15, 0.2) is 6.54 Å². The quantitative estimate of drug-likeness (QED) is 0.425. The molecule has 3 rings (SSSR count). The van der Waals surface area contributed by atoms with Crippen LogP contribution >= 0.6 is 11.3 Å². The molecule has 3 aromatic rings. The minimum absolute atomic E-state index is 0.908. The van der Waals surface area contributed by atoms with Crippen molar-refractivity contribution in [3.8, 4) is 0 Å². The number of thiazole rings is 1.